The second-order valence-electron chi connectivity index (χ2n) is 5.38. The fourth-order valence-corrected chi connectivity index (χ4v) is 2.87. The lowest BCUT2D eigenvalue weighted by atomic mass is 10.2. The van der Waals surface area contributed by atoms with Crippen LogP contribution in [0.4, 0.5) is 0 Å². The monoisotopic (exact) mass is 301 g/mol. The fourth-order valence-electron chi connectivity index (χ4n) is 2.87. The molecule has 23 heavy (non-hydrogen) atoms. The summed E-state index contributed by atoms with van der Waals surface area (Å²) in [4.78, 5) is 16.9. The van der Waals surface area contributed by atoms with Crippen molar-refractivity contribution in [3.8, 4) is 5.69 Å². The third kappa shape index (κ3) is 2.34. The molecule has 0 unspecified atom stereocenters. The molecular formula is C19H15N3O. The van der Waals surface area contributed by atoms with Gasteiger partial charge in [-0.15, -0.1) is 0 Å². The molecule has 0 amide bonds. The van der Waals surface area contributed by atoms with Crippen LogP contribution in [0.15, 0.2) is 83.9 Å². The van der Waals surface area contributed by atoms with E-state index in [-0.39, 0.29) is 5.56 Å². The van der Waals surface area contributed by atoms with Gasteiger partial charge in [0.25, 0.3) is 5.56 Å². The van der Waals surface area contributed by atoms with Crippen molar-refractivity contribution < 1.29 is 0 Å². The molecule has 0 bridgehead atoms. The summed E-state index contributed by atoms with van der Waals surface area (Å²) in [5, 5.41) is 0.722. The molecule has 0 aliphatic heterocycles. The number of aromatic nitrogens is 3. The number of hydrogen-bond acceptors (Lipinski definition) is 2. The van der Waals surface area contributed by atoms with Crippen LogP contribution in [0.25, 0.3) is 16.6 Å². The van der Waals surface area contributed by atoms with E-state index >= 15 is 0 Å². The molecular weight excluding hydrogens is 286 g/mol. The summed E-state index contributed by atoms with van der Waals surface area (Å²) in [6, 6.07) is 21.6. The average molecular weight is 301 g/mol. The van der Waals surface area contributed by atoms with Crippen molar-refractivity contribution in [3.63, 3.8) is 0 Å². The highest BCUT2D eigenvalue weighted by Gasteiger charge is 2.14. The van der Waals surface area contributed by atoms with E-state index in [0.717, 1.165) is 22.2 Å². The maximum atomic E-state index is 12.9. The first-order valence-corrected chi connectivity index (χ1v) is 7.49. The predicted octanol–water partition coefficient (Wildman–Crippen LogP) is 3.24. The molecule has 4 rings (SSSR count). The molecule has 0 atom stereocenters. The van der Waals surface area contributed by atoms with Gasteiger partial charge in [0, 0.05) is 12.4 Å². The molecule has 112 valence electrons. The molecule has 2 aromatic heterocycles. The van der Waals surface area contributed by atoms with Gasteiger partial charge in [-0.25, -0.2) is 4.68 Å². The molecule has 4 aromatic rings. The number of hydrogen-bond donors (Lipinski definition) is 0. The highest BCUT2D eigenvalue weighted by molar-refractivity contribution is 5.79. The Balaban J connectivity index is 1.99. The highest BCUT2D eigenvalue weighted by Crippen LogP contribution is 2.16. The van der Waals surface area contributed by atoms with Crippen LogP contribution in [-0.4, -0.2) is 14.3 Å². The largest absolute Gasteiger partial charge is 0.279 e. The van der Waals surface area contributed by atoms with Crippen LogP contribution < -0.4 is 5.56 Å². The molecule has 0 saturated heterocycles. The van der Waals surface area contributed by atoms with Gasteiger partial charge in [0.15, 0.2) is 0 Å². The summed E-state index contributed by atoms with van der Waals surface area (Å²) in [5.74, 6) is 0. The smallest absolute Gasteiger partial charge is 0.273 e. The van der Waals surface area contributed by atoms with Crippen molar-refractivity contribution >= 4 is 10.9 Å². The maximum absolute atomic E-state index is 12.9. The molecule has 0 N–H and O–H groups in total. The third-order valence-corrected chi connectivity index (χ3v) is 3.93. The highest BCUT2D eigenvalue weighted by atomic mass is 16.1. The number of nitrogens with zero attached hydrogens (tertiary/aromatic N) is 3. The summed E-state index contributed by atoms with van der Waals surface area (Å²) >= 11 is 0. The summed E-state index contributed by atoms with van der Waals surface area (Å²) in [7, 11) is 0. The van der Waals surface area contributed by atoms with Crippen molar-refractivity contribution in [2.45, 2.75) is 6.54 Å². The molecule has 0 aliphatic rings. The summed E-state index contributed by atoms with van der Waals surface area (Å²) in [6.45, 7) is 0.631. The molecule has 0 fully saturated rings. The zero-order valence-electron chi connectivity index (χ0n) is 12.5. The summed E-state index contributed by atoms with van der Waals surface area (Å²) in [5.41, 5.74) is 2.88. The first-order chi connectivity index (χ1) is 11.3. The van der Waals surface area contributed by atoms with Crippen LogP contribution in [0.3, 0.4) is 0 Å². The van der Waals surface area contributed by atoms with Crippen molar-refractivity contribution in [3.05, 3.63) is 95.0 Å². The second kappa shape index (κ2) is 5.57. The van der Waals surface area contributed by atoms with Crippen molar-refractivity contribution in [2.75, 3.05) is 0 Å². The van der Waals surface area contributed by atoms with Gasteiger partial charge in [-0.05, 0) is 29.8 Å². The third-order valence-electron chi connectivity index (χ3n) is 3.93. The molecule has 2 aromatic carbocycles. The van der Waals surface area contributed by atoms with Crippen molar-refractivity contribution in [1.82, 2.24) is 14.3 Å². The number of pyridine rings is 1. The predicted molar refractivity (Wildman–Crippen MR) is 90.9 cm³/mol. The minimum Gasteiger partial charge on any atom is -0.273 e. The van der Waals surface area contributed by atoms with E-state index in [2.05, 4.69) is 17.1 Å². The lowest BCUT2D eigenvalue weighted by Gasteiger charge is -2.12. The van der Waals surface area contributed by atoms with Gasteiger partial charge in [-0.2, -0.15) is 0 Å². The van der Waals surface area contributed by atoms with E-state index in [1.54, 1.807) is 17.1 Å². The Kier molecular flexibility index (Phi) is 3.27. The number of rotatable bonds is 3. The van der Waals surface area contributed by atoms with E-state index in [9.17, 15) is 4.79 Å². The van der Waals surface area contributed by atoms with Gasteiger partial charge < -0.3 is 0 Å². The average Bonchev–Trinajstić information content (AvgIpc) is 2.89. The quantitative estimate of drug-likeness (QED) is 0.583. The van der Waals surface area contributed by atoms with Crippen LogP contribution in [0.1, 0.15) is 5.56 Å². The van der Waals surface area contributed by atoms with Crippen LogP contribution in [0.5, 0.6) is 0 Å². The van der Waals surface area contributed by atoms with Gasteiger partial charge in [-0.3, -0.25) is 14.5 Å². The molecule has 0 saturated carbocycles. The zero-order valence-corrected chi connectivity index (χ0v) is 12.5. The minimum atomic E-state index is -0.0114. The number of benzene rings is 2. The Morgan fingerprint density at radius 2 is 1.52 bits per heavy atom. The Morgan fingerprint density at radius 3 is 2.30 bits per heavy atom. The van der Waals surface area contributed by atoms with E-state index in [0.29, 0.717) is 6.54 Å². The maximum Gasteiger partial charge on any atom is 0.279 e. The van der Waals surface area contributed by atoms with E-state index < -0.39 is 0 Å². The summed E-state index contributed by atoms with van der Waals surface area (Å²) in [6.07, 6.45) is 3.40. The van der Waals surface area contributed by atoms with Gasteiger partial charge >= 0.3 is 0 Å². The molecule has 2 heterocycles. The van der Waals surface area contributed by atoms with Gasteiger partial charge in [0.05, 0.1) is 23.1 Å². The standard InChI is InChI=1S/C19H15N3O/c23-19-17-8-4-5-9-18(17)21(14-15-6-2-1-3-7-15)22(19)16-10-12-20-13-11-16/h1-13H,14H2. The first kappa shape index (κ1) is 13.5. The molecule has 0 aliphatic carbocycles. The van der Waals surface area contributed by atoms with Crippen LogP contribution >= 0.6 is 0 Å². The topological polar surface area (TPSA) is 39.8 Å². The Morgan fingerprint density at radius 1 is 0.826 bits per heavy atom. The van der Waals surface area contributed by atoms with Gasteiger partial charge in [0.2, 0.25) is 0 Å². The zero-order chi connectivity index (χ0) is 15.6. The van der Waals surface area contributed by atoms with Gasteiger partial charge in [-0.1, -0.05) is 42.5 Å². The second-order valence-corrected chi connectivity index (χ2v) is 5.38. The minimum absolute atomic E-state index is 0.0114. The van der Waals surface area contributed by atoms with E-state index in [1.807, 2.05) is 59.3 Å². The SMILES string of the molecule is O=c1c2ccccc2n(Cc2ccccc2)n1-c1ccncc1. The van der Waals surface area contributed by atoms with Crippen molar-refractivity contribution in [2.24, 2.45) is 0 Å². The number of fused-ring (bicyclic) bond motifs is 1. The Labute approximate surface area is 133 Å². The molecule has 4 heteroatoms. The van der Waals surface area contributed by atoms with E-state index in [4.69, 9.17) is 0 Å². The van der Waals surface area contributed by atoms with E-state index in [1.165, 1.54) is 0 Å². The summed E-state index contributed by atoms with van der Waals surface area (Å²) < 4.78 is 3.74. The van der Waals surface area contributed by atoms with Crippen molar-refractivity contribution in [1.29, 1.82) is 0 Å². The van der Waals surface area contributed by atoms with Crippen LogP contribution in [-0.2, 0) is 6.54 Å². The number of para-hydroxylation sites is 1. The molecule has 0 spiro atoms. The Hall–Kier alpha value is -3.14. The van der Waals surface area contributed by atoms with Crippen LogP contribution in [0.2, 0.25) is 0 Å². The van der Waals surface area contributed by atoms with Gasteiger partial charge in [0.1, 0.15) is 0 Å². The first-order valence-electron chi connectivity index (χ1n) is 7.49. The lowest BCUT2D eigenvalue weighted by Crippen LogP contribution is -2.21. The fraction of sp³-hybridized carbons (Fsp3) is 0.0526. The molecule has 4 nitrogen and oxygen atoms in total. The molecule has 0 radical (unpaired) electrons. The Bertz CT molecular complexity index is 1000. The normalized spacial score (nSPS) is 11.0. The van der Waals surface area contributed by atoms with Crippen LogP contribution in [0, 0.1) is 0 Å². The lowest BCUT2D eigenvalue weighted by molar-refractivity contribution is 0.612.